The maximum absolute atomic E-state index is 13.0. The van der Waals surface area contributed by atoms with Crippen LogP contribution in [0.3, 0.4) is 0 Å². The first-order valence-corrected chi connectivity index (χ1v) is 5.89. The Morgan fingerprint density at radius 3 is 2.55 bits per heavy atom. The third-order valence-corrected chi connectivity index (χ3v) is 2.77. The molecule has 0 aliphatic rings. The van der Waals surface area contributed by atoms with Gasteiger partial charge < -0.3 is 14.8 Å². The second-order valence-corrected chi connectivity index (χ2v) is 4.59. The van der Waals surface area contributed by atoms with Gasteiger partial charge in [0.1, 0.15) is 23.0 Å². The van der Waals surface area contributed by atoms with Crippen LogP contribution in [0.2, 0.25) is 0 Å². The van der Waals surface area contributed by atoms with Crippen molar-refractivity contribution in [1.82, 2.24) is 5.32 Å². The van der Waals surface area contributed by atoms with Gasteiger partial charge in [0, 0.05) is 11.6 Å². The van der Waals surface area contributed by atoms with E-state index in [2.05, 4.69) is 5.32 Å². The average Bonchev–Trinajstić information content (AvgIpc) is 2.89. The van der Waals surface area contributed by atoms with Gasteiger partial charge in [-0.3, -0.25) is 4.79 Å². The molecule has 0 saturated heterocycles. The van der Waals surface area contributed by atoms with Crippen LogP contribution in [0, 0.1) is 11.6 Å². The molecule has 2 rings (SSSR count). The maximum Gasteiger partial charge on any atom is 0.251 e. The molecule has 0 aliphatic heterocycles. The Hall–Kier alpha value is -2.21. The molecule has 106 valence electrons. The molecule has 1 unspecified atom stereocenters. The van der Waals surface area contributed by atoms with Gasteiger partial charge in [-0.1, -0.05) is 0 Å². The van der Waals surface area contributed by atoms with Gasteiger partial charge in [0.15, 0.2) is 0 Å². The molecule has 1 aromatic heterocycles. The molecule has 0 fully saturated rings. The highest BCUT2D eigenvalue weighted by atomic mass is 19.1. The summed E-state index contributed by atoms with van der Waals surface area (Å²) in [5.74, 6) is -2.08. The molecule has 0 saturated carbocycles. The van der Waals surface area contributed by atoms with Gasteiger partial charge in [0.05, 0.1) is 12.8 Å². The summed E-state index contributed by atoms with van der Waals surface area (Å²) in [4.78, 5) is 11.8. The number of hydrogen-bond acceptors (Lipinski definition) is 3. The van der Waals surface area contributed by atoms with E-state index < -0.39 is 23.1 Å². The van der Waals surface area contributed by atoms with Crippen LogP contribution < -0.4 is 5.32 Å². The van der Waals surface area contributed by atoms with E-state index in [1.165, 1.54) is 13.2 Å². The number of hydrogen-bond donors (Lipinski definition) is 2. The normalized spacial score (nSPS) is 13.8. The molecular formula is C14H13F2NO3. The van der Waals surface area contributed by atoms with Gasteiger partial charge in [-0.15, -0.1) is 0 Å². The molecule has 1 amide bonds. The highest BCUT2D eigenvalue weighted by molar-refractivity contribution is 5.94. The molecular weight excluding hydrogens is 268 g/mol. The van der Waals surface area contributed by atoms with Gasteiger partial charge in [-0.25, -0.2) is 8.78 Å². The van der Waals surface area contributed by atoms with E-state index in [4.69, 9.17) is 4.42 Å². The van der Waals surface area contributed by atoms with Crippen molar-refractivity contribution in [3.63, 3.8) is 0 Å². The van der Waals surface area contributed by atoms with Crippen molar-refractivity contribution in [1.29, 1.82) is 0 Å². The fourth-order valence-electron chi connectivity index (χ4n) is 1.71. The van der Waals surface area contributed by atoms with E-state index in [1.807, 2.05) is 0 Å². The molecule has 1 heterocycles. The predicted octanol–water partition coefficient (Wildman–Crippen LogP) is 2.20. The quantitative estimate of drug-likeness (QED) is 0.903. The second-order valence-electron chi connectivity index (χ2n) is 4.59. The van der Waals surface area contributed by atoms with Gasteiger partial charge in [-0.05, 0) is 31.2 Å². The highest BCUT2D eigenvalue weighted by Crippen LogP contribution is 2.20. The lowest BCUT2D eigenvalue weighted by molar-refractivity contribution is 0.0330. The third kappa shape index (κ3) is 3.21. The monoisotopic (exact) mass is 281 g/mol. The fourth-order valence-corrected chi connectivity index (χ4v) is 1.71. The first-order valence-electron chi connectivity index (χ1n) is 5.89. The Balaban J connectivity index is 2.05. The average molecular weight is 281 g/mol. The SMILES string of the molecule is CC(O)(CNC(=O)c1cc(F)cc(F)c1)c1ccco1. The molecule has 0 bridgehead atoms. The van der Waals surface area contributed by atoms with Crippen LogP contribution in [0.25, 0.3) is 0 Å². The summed E-state index contributed by atoms with van der Waals surface area (Å²) in [6.07, 6.45) is 1.40. The van der Waals surface area contributed by atoms with Crippen LogP contribution in [0.15, 0.2) is 41.0 Å². The van der Waals surface area contributed by atoms with Gasteiger partial charge in [-0.2, -0.15) is 0 Å². The van der Waals surface area contributed by atoms with Crippen LogP contribution in [0.1, 0.15) is 23.0 Å². The highest BCUT2D eigenvalue weighted by Gasteiger charge is 2.27. The van der Waals surface area contributed by atoms with Crippen molar-refractivity contribution in [2.75, 3.05) is 6.54 Å². The Bertz CT molecular complexity index is 589. The van der Waals surface area contributed by atoms with Crippen LogP contribution in [-0.4, -0.2) is 17.6 Å². The topological polar surface area (TPSA) is 62.5 Å². The van der Waals surface area contributed by atoms with Crippen molar-refractivity contribution in [3.8, 4) is 0 Å². The molecule has 2 aromatic rings. The Morgan fingerprint density at radius 2 is 2.00 bits per heavy atom. The van der Waals surface area contributed by atoms with E-state index in [0.29, 0.717) is 6.07 Å². The van der Waals surface area contributed by atoms with E-state index in [0.717, 1.165) is 12.1 Å². The summed E-state index contributed by atoms with van der Waals surface area (Å²) in [6.45, 7) is 1.30. The Kier molecular flexibility index (Phi) is 3.85. The van der Waals surface area contributed by atoms with E-state index >= 15 is 0 Å². The molecule has 20 heavy (non-hydrogen) atoms. The van der Waals surface area contributed by atoms with Crippen molar-refractivity contribution in [2.24, 2.45) is 0 Å². The largest absolute Gasteiger partial charge is 0.466 e. The lowest BCUT2D eigenvalue weighted by Crippen LogP contribution is -2.38. The summed E-state index contributed by atoms with van der Waals surface area (Å²) < 4.78 is 31.1. The molecule has 0 spiro atoms. The molecule has 1 atom stereocenters. The fraction of sp³-hybridized carbons (Fsp3) is 0.214. The number of aliphatic hydroxyl groups is 1. The number of benzene rings is 1. The first-order chi connectivity index (χ1) is 9.38. The van der Waals surface area contributed by atoms with Crippen LogP contribution >= 0.6 is 0 Å². The number of nitrogens with one attached hydrogen (secondary N) is 1. The lowest BCUT2D eigenvalue weighted by Gasteiger charge is -2.21. The van der Waals surface area contributed by atoms with Crippen molar-refractivity contribution in [3.05, 3.63) is 59.6 Å². The minimum atomic E-state index is -1.41. The minimum Gasteiger partial charge on any atom is -0.466 e. The second kappa shape index (κ2) is 5.42. The van der Waals surface area contributed by atoms with E-state index in [-0.39, 0.29) is 17.9 Å². The van der Waals surface area contributed by atoms with E-state index in [1.54, 1.807) is 12.1 Å². The number of carbonyl (C=O) groups is 1. The van der Waals surface area contributed by atoms with E-state index in [9.17, 15) is 18.7 Å². The van der Waals surface area contributed by atoms with Gasteiger partial charge >= 0.3 is 0 Å². The number of furan rings is 1. The molecule has 2 N–H and O–H groups in total. The Morgan fingerprint density at radius 1 is 1.35 bits per heavy atom. The number of halogens is 2. The summed E-state index contributed by atoms with van der Waals surface area (Å²) in [6, 6.07) is 5.68. The smallest absolute Gasteiger partial charge is 0.251 e. The molecule has 4 nitrogen and oxygen atoms in total. The van der Waals surface area contributed by atoms with Crippen LogP contribution in [-0.2, 0) is 5.60 Å². The van der Waals surface area contributed by atoms with Gasteiger partial charge in [0.2, 0.25) is 0 Å². The zero-order valence-electron chi connectivity index (χ0n) is 10.7. The number of carbonyl (C=O) groups excluding carboxylic acids is 1. The molecule has 0 radical (unpaired) electrons. The maximum atomic E-state index is 13.0. The number of rotatable bonds is 4. The van der Waals surface area contributed by atoms with Crippen LogP contribution in [0.4, 0.5) is 8.78 Å². The van der Waals surface area contributed by atoms with Crippen molar-refractivity contribution >= 4 is 5.91 Å². The van der Waals surface area contributed by atoms with Gasteiger partial charge in [0.25, 0.3) is 5.91 Å². The first kappa shape index (κ1) is 14.2. The Labute approximate surface area is 114 Å². The molecule has 6 heteroatoms. The summed E-state index contributed by atoms with van der Waals surface area (Å²) in [5.41, 5.74) is -1.57. The molecule has 1 aromatic carbocycles. The number of amides is 1. The van der Waals surface area contributed by atoms with Crippen LogP contribution in [0.5, 0.6) is 0 Å². The molecule has 0 aliphatic carbocycles. The third-order valence-electron chi connectivity index (χ3n) is 2.77. The minimum absolute atomic E-state index is 0.155. The summed E-state index contributed by atoms with van der Waals surface area (Å²) >= 11 is 0. The predicted molar refractivity (Wildman–Crippen MR) is 67.0 cm³/mol. The lowest BCUT2D eigenvalue weighted by atomic mass is 10.0. The van der Waals surface area contributed by atoms with Crippen molar-refractivity contribution < 1.29 is 23.1 Å². The van der Waals surface area contributed by atoms with Crippen molar-refractivity contribution in [2.45, 2.75) is 12.5 Å². The standard InChI is InChI=1S/C14H13F2NO3/c1-14(19,12-3-2-4-20-12)8-17-13(18)9-5-10(15)7-11(16)6-9/h2-7,19H,8H2,1H3,(H,17,18). The summed E-state index contributed by atoms with van der Waals surface area (Å²) in [7, 11) is 0. The zero-order valence-corrected chi connectivity index (χ0v) is 10.7. The zero-order chi connectivity index (χ0) is 14.8. The summed E-state index contributed by atoms with van der Waals surface area (Å²) in [5, 5.41) is 12.5.